The molecule has 3 heterocycles. The second-order valence-corrected chi connectivity index (χ2v) is 7.64. The van der Waals surface area contributed by atoms with Crippen molar-refractivity contribution in [2.24, 2.45) is 0 Å². The van der Waals surface area contributed by atoms with E-state index in [9.17, 15) is 0 Å². The second kappa shape index (κ2) is 5.89. The number of hydrogen-bond donors (Lipinski definition) is 0. The van der Waals surface area contributed by atoms with Crippen molar-refractivity contribution < 1.29 is 23.5 Å². The maximum absolute atomic E-state index is 5.91. The van der Waals surface area contributed by atoms with Crippen molar-refractivity contribution >= 4 is 32.4 Å². The van der Waals surface area contributed by atoms with Gasteiger partial charge in [-0.25, -0.2) is 0 Å². The van der Waals surface area contributed by atoms with Crippen LogP contribution in [0.1, 0.15) is 18.1 Å². The van der Waals surface area contributed by atoms with E-state index in [2.05, 4.69) is 35.9 Å². The van der Waals surface area contributed by atoms with Gasteiger partial charge >= 0.3 is 0 Å². The molecule has 0 saturated heterocycles. The molecule has 0 bridgehead atoms. The van der Waals surface area contributed by atoms with Crippen LogP contribution in [0, 0.1) is 0 Å². The Balaban J connectivity index is 1.86. The van der Waals surface area contributed by atoms with Crippen LogP contribution in [0.3, 0.4) is 0 Å². The van der Waals surface area contributed by atoms with Gasteiger partial charge in [0.1, 0.15) is 0 Å². The molecule has 0 amide bonds. The molecule has 3 aromatic carbocycles. The highest BCUT2D eigenvalue weighted by atomic mass is 16.7. The van der Waals surface area contributed by atoms with Crippen molar-refractivity contribution in [3.63, 3.8) is 0 Å². The first-order chi connectivity index (χ1) is 14.2. The van der Waals surface area contributed by atoms with Crippen LogP contribution in [-0.4, -0.2) is 21.0 Å². The highest BCUT2D eigenvalue weighted by Crippen LogP contribution is 2.47. The summed E-state index contributed by atoms with van der Waals surface area (Å²) in [5.74, 6) is 3.30. The zero-order valence-corrected chi connectivity index (χ0v) is 16.8. The number of pyridine rings is 1. The number of aromatic nitrogens is 1. The molecule has 6 rings (SSSR count). The van der Waals surface area contributed by atoms with E-state index in [0.717, 1.165) is 47.8 Å². The van der Waals surface area contributed by atoms with Crippen molar-refractivity contribution in [1.82, 2.24) is 0 Å². The van der Waals surface area contributed by atoms with E-state index in [1.165, 1.54) is 38.2 Å². The fraction of sp³-hybridized carbons (Fsp3) is 0.292. The smallest absolute Gasteiger partial charge is 0.231 e. The molecule has 2 aliphatic heterocycles. The second-order valence-electron chi connectivity index (χ2n) is 7.64. The summed E-state index contributed by atoms with van der Waals surface area (Å²) in [6, 6.07) is 8.63. The summed E-state index contributed by atoms with van der Waals surface area (Å²) in [5, 5.41) is 6.00. The molecule has 0 N–H and O–H groups in total. The molecule has 0 fully saturated rings. The Hall–Kier alpha value is -3.21. The molecule has 2 aliphatic rings. The van der Waals surface area contributed by atoms with Crippen molar-refractivity contribution in [2.45, 2.75) is 26.3 Å². The molecule has 5 heteroatoms. The van der Waals surface area contributed by atoms with E-state index < -0.39 is 0 Å². The van der Waals surface area contributed by atoms with Crippen molar-refractivity contribution in [1.29, 1.82) is 0 Å². The molecule has 4 aromatic rings. The number of nitrogens with zero attached hydrogens (tertiary/aromatic N) is 1. The van der Waals surface area contributed by atoms with E-state index in [0.29, 0.717) is 6.79 Å². The van der Waals surface area contributed by atoms with Gasteiger partial charge in [-0.3, -0.25) is 0 Å². The molecule has 0 radical (unpaired) electrons. The third kappa shape index (κ3) is 2.07. The lowest BCUT2D eigenvalue weighted by Crippen LogP contribution is -2.38. The van der Waals surface area contributed by atoms with Gasteiger partial charge in [0.05, 0.1) is 30.4 Å². The number of hydrogen-bond acceptors (Lipinski definition) is 4. The summed E-state index contributed by atoms with van der Waals surface area (Å²) < 4.78 is 25.3. The lowest BCUT2D eigenvalue weighted by molar-refractivity contribution is -0.670. The highest BCUT2D eigenvalue weighted by Gasteiger charge is 2.31. The van der Waals surface area contributed by atoms with Crippen LogP contribution in [0.5, 0.6) is 23.0 Å². The molecule has 146 valence electrons. The summed E-state index contributed by atoms with van der Waals surface area (Å²) in [4.78, 5) is 0. The Morgan fingerprint density at radius 1 is 1.00 bits per heavy atom. The van der Waals surface area contributed by atoms with Gasteiger partial charge in [0.2, 0.25) is 12.3 Å². The van der Waals surface area contributed by atoms with Gasteiger partial charge in [-0.1, -0.05) is 6.92 Å². The number of methoxy groups -OCH3 is 2. The molecular formula is C24H22NO4+. The van der Waals surface area contributed by atoms with Crippen LogP contribution in [0.15, 0.2) is 30.5 Å². The predicted octanol–water partition coefficient (Wildman–Crippen LogP) is 4.30. The van der Waals surface area contributed by atoms with Crippen LogP contribution in [0.2, 0.25) is 0 Å². The number of benzene rings is 3. The Labute approximate surface area is 168 Å². The van der Waals surface area contributed by atoms with Gasteiger partial charge in [-0.2, -0.15) is 4.57 Å². The first kappa shape index (κ1) is 16.7. The average Bonchev–Trinajstić information content (AvgIpc) is 3.23. The van der Waals surface area contributed by atoms with Crippen molar-refractivity contribution in [3.05, 3.63) is 41.6 Å². The zero-order chi connectivity index (χ0) is 19.7. The summed E-state index contributed by atoms with van der Waals surface area (Å²) >= 11 is 0. The quantitative estimate of drug-likeness (QED) is 0.388. The highest BCUT2D eigenvalue weighted by molar-refractivity contribution is 6.18. The van der Waals surface area contributed by atoms with Crippen molar-refractivity contribution in [2.75, 3.05) is 21.0 Å². The third-order valence-corrected chi connectivity index (χ3v) is 6.33. The zero-order valence-electron chi connectivity index (χ0n) is 16.8. The lowest BCUT2D eigenvalue weighted by Gasteiger charge is -2.19. The van der Waals surface area contributed by atoms with Gasteiger partial charge in [-0.05, 0) is 41.8 Å². The minimum absolute atomic E-state index is 0.295. The van der Waals surface area contributed by atoms with E-state index >= 15 is 0 Å². The first-order valence-corrected chi connectivity index (χ1v) is 10.0. The minimum atomic E-state index is 0.295. The molecule has 29 heavy (non-hydrogen) atoms. The van der Waals surface area contributed by atoms with Crippen LogP contribution in [0.25, 0.3) is 32.4 Å². The van der Waals surface area contributed by atoms with Crippen LogP contribution >= 0.6 is 0 Å². The monoisotopic (exact) mass is 388 g/mol. The van der Waals surface area contributed by atoms with Crippen LogP contribution in [-0.2, 0) is 19.4 Å². The fourth-order valence-electron chi connectivity index (χ4n) is 5.05. The molecule has 0 atom stereocenters. The molecule has 1 aromatic heterocycles. The minimum Gasteiger partial charge on any atom is -0.493 e. The summed E-state index contributed by atoms with van der Waals surface area (Å²) in [7, 11) is 3.38. The topological polar surface area (TPSA) is 40.8 Å². The molecule has 0 unspecified atom stereocenters. The van der Waals surface area contributed by atoms with E-state index in [-0.39, 0.29) is 0 Å². The Morgan fingerprint density at radius 2 is 1.90 bits per heavy atom. The van der Waals surface area contributed by atoms with E-state index in [1.807, 2.05) is 6.07 Å². The first-order valence-electron chi connectivity index (χ1n) is 10.0. The van der Waals surface area contributed by atoms with E-state index in [4.69, 9.17) is 18.9 Å². The van der Waals surface area contributed by atoms with Gasteiger partial charge in [0, 0.05) is 17.2 Å². The average molecular weight is 388 g/mol. The maximum atomic E-state index is 5.91. The molecular weight excluding hydrogens is 366 g/mol. The van der Waals surface area contributed by atoms with Gasteiger partial charge in [0.15, 0.2) is 35.7 Å². The largest absolute Gasteiger partial charge is 0.493 e. The standard InChI is InChI=1S/C24H22NO4/c1-4-13-9-16-15-5-6-18(26-2)23(27-3)17(15)11-25-8-7-14-10-19-24(29-12-28-19)21(13)20(14)22(16)25/h5-6,9-11H,4,7-8,12H2,1-3H3/q+1. The normalized spacial score (nSPS) is 14.3. The fourth-order valence-corrected chi connectivity index (χ4v) is 5.05. The predicted molar refractivity (Wildman–Crippen MR) is 111 cm³/mol. The number of ether oxygens (including phenoxy) is 4. The molecule has 0 saturated carbocycles. The summed E-state index contributed by atoms with van der Waals surface area (Å²) in [6.07, 6.45) is 4.10. The number of aryl methyl sites for hydroxylation is 3. The Bertz CT molecular complexity index is 1340. The lowest BCUT2D eigenvalue weighted by atomic mass is 9.89. The van der Waals surface area contributed by atoms with Gasteiger partial charge in [0.25, 0.3) is 0 Å². The third-order valence-electron chi connectivity index (χ3n) is 6.33. The van der Waals surface area contributed by atoms with Crippen LogP contribution in [0.4, 0.5) is 0 Å². The van der Waals surface area contributed by atoms with Crippen molar-refractivity contribution in [3.8, 4) is 23.0 Å². The maximum Gasteiger partial charge on any atom is 0.231 e. The SMILES string of the molecule is CCc1cc2c3ccc(OC)c(OC)c3c[n+]3c2c2c(cc4c(c12)OCO4)CC3. The molecule has 0 spiro atoms. The number of rotatable bonds is 3. The summed E-state index contributed by atoms with van der Waals surface area (Å²) in [6.45, 7) is 3.41. The van der Waals surface area contributed by atoms with Crippen LogP contribution < -0.4 is 23.5 Å². The Morgan fingerprint density at radius 3 is 2.69 bits per heavy atom. The van der Waals surface area contributed by atoms with Gasteiger partial charge in [-0.15, -0.1) is 0 Å². The summed E-state index contributed by atoms with van der Waals surface area (Å²) in [5.41, 5.74) is 3.88. The molecule has 5 nitrogen and oxygen atoms in total. The molecule has 0 aliphatic carbocycles. The van der Waals surface area contributed by atoms with Gasteiger partial charge < -0.3 is 18.9 Å². The number of fused-ring (bicyclic) bond motifs is 4. The van der Waals surface area contributed by atoms with E-state index in [1.54, 1.807) is 14.2 Å². The Kier molecular flexibility index (Phi) is 3.40.